The van der Waals surface area contributed by atoms with Gasteiger partial charge in [-0.3, -0.25) is 0 Å². The molecule has 1 atom stereocenters. The molecule has 2 aromatic carbocycles. The molecule has 0 spiro atoms. The molecule has 0 N–H and O–H groups in total. The standard InChI is InChI=1S/C19H16O/c1-13-6-5-11-19(2)17(13)12-16-15-8-4-3-7-14(15)9-10-18(16)20-19/h3-12H,1-2H3. The molecule has 98 valence electrons. The van der Waals surface area contributed by atoms with E-state index in [-0.39, 0.29) is 5.60 Å². The van der Waals surface area contributed by atoms with Crippen LogP contribution in [0.4, 0.5) is 0 Å². The van der Waals surface area contributed by atoms with E-state index < -0.39 is 0 Å². The van der Waals surface area contributed by atoms with Crippen LogP contribution in [-0.4, -0.2) is 5.60 Å². The third-order valence-corrected chi connectivity index (χ3v) is 4.26. The second kappa shape index (κ2) is 3.86. The molecule has 2 aliphatic rings. The fraction of sp³-hybridized carbons (Fsp3) is 0.158. The summed E-state index contributed by atoms with van der Waals surface area (Å²) in [7, 11) is 0. The Bertz CT molecular complexity index is 808. The fourth-order valence-electron chi connectivity index (χ4n) is 3.18. The number of hydrogen-bond donors (Lipinski definition) is 0. The van der Waals surface area contributed by atoms with Gasteiger partial charge in [0.1, 0.15) is 11.4 Å². The largest absolute Gasteiger partial charge is 0.478 e. The number of rotatable bonds is 0. The maximum absolute atomic E-state index is 6.31. The van der Waals surface area contributed by atoms with Crippen molar-refractivity contribution in [2.75, 3.05) is 0 Å². The molecule has 0 saturated heterocycles. The van der Waals surface area contributed by atoms with Crippen LogP contribution in [0.15, 0.2) is 65.8 Å². The lowest BCUT2D eigenvalue weighted by atomic mass is 9.82. The molecule has 0 radical (unpaired) electrons. The highest BCUT2D eigenvalue weighted by atomic mass is 16.5. The average Bonchev–Trinajstić information content (AvgIpc) is 2.45. The lowest BCUT2D eigenvalue weighted by Crippen LogP contribution is -2.36. The van der Waals surface area contributed by atoms with E-state index in [9.17, 15) is 0 Å². The minimum absolute atomic E-state index is 0.339. The Kier molecular flexibility index (Phi) is 2.23. The molecule has 2 aromatic rings. The van der Waals surface area contributed by atoms with Gasteiger partial charge < -0.3 is 4.74 Å². The van der Waals surface area contributed by atoms with Gasteiger partial charge in [-0.2, -0.15) is 0 Å². The summed E-state index contributed by atoms with van der Waals surface area (Å²) in [5.74, 6) is 0.967. The Morgan fingerprint density at radius 1 is 1.05 bits per heavy atom. The van der Waals surface area contributed by atoms with Crippen LogP contribution >= 0.6 is 0 Å². The van der Waals surface area contributed by atoms with Crippen LogP contribution in [0.5, 0.6) is 5.75 Å². The molecule has 0 fully saturated rings. The average molecular weight is 260 g/mol. The topological polar surface area (TPSA) is 9.23 Å². The highest BCUT2D eigenvalue weighted by Gasteiger charge is 2.35. The predicted octanol–water partition coefficient (Wildman–Crippen LogP) is 4.89. The van der Waals surface area contributed by atoms with Crippen LogP contribution in [0.1, 0.15) is 19.4 Å². The zero-order chi connectivity index (χ0) is 13.7. The van der Waals surface area contributed by atoms with Crippen molar-refractivity contribution in [1.29, 1.82) is 0 Å². The Morgan fingerprint density at radius 2 is 1.90 bits per heavy atom. The van der Waals surface area contributed by atoms with Crippen LogP contribution in [0.3, 0.4) is 0 Å². The number of hydrogen-bond acceptors (Lipinski definition) is 1. The molecule has 1 heterocycles. The Hall–Kier alpha value is -2.28. The minimum atomic E-state index is -0.339. The maximum atomic E-state index is 6.31. The third kappa shape index (κ3) is 1.50. The number of benzene rings is 2. The molecule has 4 rings (SSSR count). The first-order valence-electron chi connectivity index (χ1n) is 6.97. The summed E-state index contributed by atoms with van der Waals surface area (Å²) in [5.41, 5.74) is 3.38. The molecule has 0 saturated carbocycles. The van der Waals surface area contributed by atoms with Gasteiger partial charge in [0.2, 0.25) is 0 Å². The first-order valence-corrected chi connectivity index (χ1v) is 6.97. The molecule has 20 heavy (non-hydrogen) atoms. The van der Waals surface area contributed by atoms with E-state index in [0.717, 1.165) is 5.75 Å². The van der Waals surface area contributed by atoms with E-state index in [1.165, 1.54) is 27.5 Å². The SMILES string of the molecule is CC1=CC=CC2(C)Oc3ccc4ccccc4c3C=C12. The van der Waals surface area contributed by atoms with E-state index in [1.807, 2.05) is 0 Å². The maximum Gasteiger partial charge on any atom is 0.150 e. The molecule has 0 amide bonds. The number of fused-ring (bicyclic) bond motifs is 4. The summed E-state index contributed by atoms with van der Waals surface area (Å²) in [5, 5.41) is 2.50. The Morgan fingerprint density at radius 3 is 2.80 bits per heavy atom. The van der Waals surface area contributed by atoms with Crippen molar-refractivity contribution < 1.29 is 4.74 Å². The van der Waals surface area contributed by atoms with E-state index >= 15 is 0 Å². The van der Waals surface area contributed by atoms with Crippen molar-refractivity contribution in [3.63, 3.8) is 0 Å². The second-order valence-electron chi connectivity index (χ2n) is 5.67. The zero-order valence-corrected chi connectivity index (χ0v) is 11.7. The van der Waals surface area contributed by atoms with Crippen LogP contribution in [-0.2, 0) is 0 Å². The van der Waals surface area contributed by atoms with Gasteiger partial charge in [0.15, 0.2) is 0 Å². The molecular weight excluding hydrogens is 244 g/mol. The molecule has 1 unspecified atom stereocenters. The van der Waals surface area contributed by atoms with Gasteiger partial charge in [-0.05, 0) is 48.4 Å². The van der Waals surface area contributed by atoms with E-state index in [2.05, 4.69) is 74.5 Å². The summed E-state index contributed by atoms with van der Waals surface area (Å²) >= 11 is 0. The zero-order valence-electron chi connectivity index (χ0n) is 11.7. The van der Waals surface area contributed by atoms with Crippen LogP contribution < -0.4 is 4.74 Å². The van der Waals surface area contributed by atoms with Crippen molar-refractivity contribution >= 4 is 16.8 Å². The van der Waals surface area contributed by atoms with Crippen LogP contribution in [0.2, 0.25) is 0 Å². The molecule has 1 nitrogen and oxygen atoms in total. The lowest BCUT2D eigenvalue weighted by molar-refractivity contribution is 0.177. The smallest absolute Gasteiger partial charge is 0.150 e. The van der Waals surface area contributed by atoms with Gasteiger partial charge in [-0.25, -0.2) is 0 Å². The summed E-state index contributed by atoms with van der Waals surface area (Å²) in [4.78, 5) is 0. The minimum Gasteiger partial charge on any atom is -0.478 e. The predicted molar refractivity (Wildman–Crippen MR) is 83.9 cm³/mol. The van der Waals surface area contributed by atoms with Crippen LogP contribution in [0, 0.1) is 0 Å². The van der Waals surface area contributed by atoms with Crippen molar-refractivity contribution in [1.82, 2.24) is 0 Å². The fourth-order valence-corrected chi connectivity index (χ4v) is 3.18. The summed E-state index contributed by atoms with van der Waals surface area (Å²) in [6.45, 7) is 4.27. The summed E-state index contributed by atoms with van der Waals surface area (Å²) in [6.07, 6.45) is 8.65. The van der Waals surface area contributed by atoms with E-state index in [0.29, 0.717) is 0 Å². The molecule has 1 aliphatic carbocycles. The summed E-state index contributed by atoms with van der Waals surface area (Å²) in [6, 6.07) is 12.7. The molecule has 1 heteroatoms. The van der Waals surface area contributed by atoms with Crippen molar-refractivity contribution in [2.24, 2.45) is 0 Å². The van der Waals surface area contributed by atoms with Gasteiger partial charge in [0, 0.05) is 11.1 Å². The van der Waals surface area contributed by atoms with Crippen LogP contribution in [0.25, 0.3) is 16.8 Å². The molecule has 0 aromatic heterocycles. The van der Waals surface area contributed by atoms with E-state index in [1.54, 1.807) is 0 Å². The molecule has 0 bridgehead atoms. The van der Waals surface area contributed by atoms with Gasteiger partial charge >= 0.3 is 0 Å². The van der Waals surface area contributed by atoms with Gasteiger partial charge in [-0.1, -0.05) is 42.5 Å². The highest BCUT2D eigenvalue weighted by molar-refractivity contribution is 5.95. The van der Waals surface area contributed by atoms with Crippen molar-refractivity contribution in [3.8, 4) is 5.75 Å². The number of ether oxygens (including phenoxy) is 1. The van der Waals surface area contributed by atoms with Crippen molar-refractivity contribution in [3.05, 3.63) is 71.3 Å². The normalized spacial score (nSPS) is 23.5. The Labute approximate surface area is 118 Å². The van der Waals surface area contributed by atoms with Gasteiger partial charge in [-0.15, -0.1) is 0 Å². The van der Waals surface area contributed by atoms with Gasteiger partial charge in [0.05, 0.1) is 0 Å². The third-order valence-electron chi connectivity index (χ3n) is 4.26. The second-order valence-corrected chi connectivity index (χ2v) is 5.67. The van der Waals surface area contributed by atoms with Crippen molar-refractivity contribution in [2.45, 2.75) is 19.4 Å². The lowest BCUT2D eigenvalue weighted by Gasteiger charge is -2.37. The first-order chi connectivity index (χ1) is 9.67. The monoisotopic (exact) mass is 260 g/mol. The number of allylic oxidation sites excluding steroid dienone is 2. The summed E-state index contributed by atoms with van der Waals surface area (Å²) < 4.78 is 6.31. The Balaban J connectivity index is 2.04. The quantitative estimate of drug-likeness (QED) is 0.655. The molecular formula is C19H16O. The molecule has 1 aliphatic heterocycles. The first kappa shape index (κ1) is 11.5. The van der Waals surface area contributed by atoms with E-state index in [4.69, 9.17) is 4.74 Å². The van der Waals surface area contributed by atoms with Gasteiger partial charge in [0.25, 0.3) is 0 Å². The highest BCUT2D eigenvalue weighted by Crippen LogP contribution is 2.43.